The first kappa shape index (κ1) is 26.2. The van der Waals surface area contributed by atoms with Gasteiger partial charge in [0.15, 0.2) is 0 Å². The van der Waals surface area contributed by atoms with Gasteiger partial charge in [0.25, 0.3) is 5.91 Å². The van der Waals surface area contributed by atoms with Crippen molar-refractivity contribution in [2.45, 2.75) is 13.8 Å². The van der Waals surface area contributed by atoms with Crippen molar-refractivity contribution >= 4 is 11.6 Å². The number of aromatic nitrogens is 1. The fourth-order valence-electron chi connectivity index (χ4n) is 5.20. The molecular weight excluding hydrogens is 490 g/mol. The third-order valence-electron chi connectivity index (χ3n) is 7.25. The number of carbonyl (C=O) groups is 1. The number of nitrogens with zero attached hydrogens (tertiary/aromatic N) is 3. The lowest BCUT2D eigenvalue weighted by molar-refractivity contribution is 0.0746. The largest absolute Gasteiger partial charge is 0.497 e. The number of hydrogen-bond donors (Lipinski definition) is 0. The highest BCUT2D eigenvalue weighted by Gasteiger charge is 2.27. The molecule has 39 heavy (non-hydrogen) atoms. The Morgan fingerprint density at radius 1 is 0.821 bits per heavy atom. The van der Waals surface area contributed by atoms with Crippen LogP contribution in [0.2, 0.25) is 0 Å². The molecule has 0 aliphatic carbocycles. The molecule has 4 aromatic rings. The summed E-state index contributed by atoms with van der Waals surface area (Å²) in [4.78, 5) is 18.2. The normalized spacial score (nSPS) is 13.3. The molecule has 0 bridgehead atoms. The zero-order chi connectivity index (χ0) is 27.4. The highest BCUT2D eigenvalue weighted by molar-refractivity contribution is 5.97. The number of methoxy groups -OCH3 is 2. The standard InChI is InChI=1S/C32H35N3O4/c1-5-39-31-12-7-6-11-29(31)33-17-19-34(20-18-33)32(36)28-22-30(24-13-15-26(37-3)16-14-24)35(23(28)2)25-9-8-10-27(21-25)38-4/h6-16,21-22H,5,17-20H2,1-4H3. The van der Waals surface area contributed by atoms with E-state index >= 15 is 0 Å². The molecular formula is C32H35N3O4. The van der Waals surface area contributed by atoms with E-state index in [2.05, 4.69) is 15.5 Å². The third kappa shape index (κ3) is 5.30. The Kier molecular flexibility index (Phi) is 7.77. The molecule has 0 N–H and O–H groups in total. The van der Waals surface area contributed by atoms with Crippen LogP contribution in [0, 0.1) is 6.92 Å². The summed E-state index contributed by atoms with van der Waals surface area (Å²) in [6, 6.07) is 25.9. The minimum Gasteiger partial charge on any atom is -0.497 e. The molecule has 0 unspecified atom stereocenters. The van der Waals surface area contributed by atoms with E-state index in [9.17, 15) is 4.79 Å². The maximum Gasteiger partial charge on any atom is 0.255 e. The van der Waals surface area contributed by atoms with Crippen molar-refractivity contribution in [3.8, 4) is 34.2 Å². The topological polar surface area (TPSA) is 56.2 Å². The molecule has 1 aliphatic heterocycles. The summed E-state index contributed by atoms with van der Waals surface area (Å²) in [5.41, 5.74) is 5.55. The Morgan fingerprint density at radius 2 is 1.54 bits per heavy atom. The monoisotopic (exact) mass is 525 g/mol. The first-order valence-electron chi connectivity index (χ1n) is 13.3. The van der Waals surface area contributed by atoms with Crippen LogP contribution in [-0.2, 0) is 0 Å². The summed E-state index contributed by atoms with van der Waals surface area (Å²) in [6.45, 7) is 7.40. The number of para-hydroxylation sites is 2. The van der Waals surface area contributed by atoms with Gasteiger partial charge in [-0.2, -0.15) is 0 Å². The number of piperazine rings is 1. The van der Waals surface area contributed by atoms with Crippen molar-refractivity contribution in [1.29, 1.82) is 0 Å². The Hall–Kier alpha value is -4.39. The molecule has 7 nitrogen and oxygen atoms in total. The third-order valence-corrected chi connectivity index (χ3v) is 7.25. The van der Waals surface area contributed by atoms with Crippen molar-refractivity contribution in [3.63, 3.8) is 0 Å². The molecule has 0 spiro atoms. The van der Waals surface area contributed by atoms with E-state index in [-0.39, 0.29) is 5.91 Å². The Bertz CT molecular complexity index is 1440. The second-order valence-electron chi connectivity index (χ2n) is 9.47. The lowest BCUT2D eigenvalue weighted by Gasteiger charge is -2.36. The van der Waals surface area contributed by atoms with Gasteiger partial charge in [0, 0.05) is 43.6 Å². The summed E-state index contributed by atoms with van der Waals surface area (Å²) in [6.07, 6.45) is 0. The minimum atomic E-state index is 0.0432. The first-order valence-corrected chi connectivity index (χ1v) is 13.3. The van der Waals surface area contributed by atoms with Crippen LogP contribution in [-0.4, -0.2) is 62.4 Å². The van der Waals surface area contributed by atoms with E-state index in [4.69, 9.17) is 14.2 Å². The molecule has 1 fully saturated rings. The van der Waals surface area contributed by atoms with Crippen molar-refractivity contribution in [1.82, 2.24) is 9.47 Å². The number of rotatable bonds is 8. The van der Waals surface area contributed by atoms with Gasteiger partial charge in [-0.1, -0.05) is 18.2 Å². The minimum absolute atomic E-state index is 0.0432. The van der Waals surface area contributed by atoms with Crippen LogP contribution in [0.1, 0.15) is 23.0 Å². The summed E-state index contributed by atoms with van der Waals surface area (Å²) in [5.74, 6) is 2.48. The molecule has 3 aromatic carbocycles. The summed E-state index contributed by atoms with van der Waals surface area (Å²) in [7, 11) is 3.32. The van der Waals surface area contributed by atoms with Crippen LogP contribution in [0.3, 0.4) is 0 Å². The van der Waals surface area contributed by atoms with Gasteiger partial charge in [-0.05, 0) is 74.0 Å². The number of carbonyl (C=O) groups excluding carboxylic acids is 1. The quantitative estimate of drug-likeness (QED) is 0.290. The molecule has 2 heterocycles. The van der Waals surface area contributed by atoms with Crippen LogP contribution in [0.15, 0.2) is 78.9 Å². The Morgan fingerprint density at radius 3 is 2.23 bits per heavy atom. The SMILES string of the molecule is CCOc1ccccc1N1CCN(C(=O)c2cc(-c3ccc(OC)cc3)n(-c3cccc(OC)c3)c2C)CC1. The van der Waals surface area contributed by atoms with Crippen molar-refractivity contribution in [3.05, 3.63) is 90.1 Å². The number of amides is 1. The van der Waals surface area contributed by atoms with Crippen LogP contribution in [0.5, 0.6) is 17.2 Å². The summed E-state index contributed by atoms with van der Waals surface area (Å²) >= 11 is 0. The van der Waals surface area contributed by atoms with Gasteiger partial charge in [0.05, 0.1) is 37.8 Å². The van der Waals surface area contributed by atoms with Crippen molar-refractivity contribution in [2.75, 3.05) is 51.9 Å². The van der Waals surface area contributed by atoms with Crippen LogP contribution in [0.25, 0.3) is 16.9 Å². The van der Waals surface area contributed by atoms with Crippen molar-refractivity contribution in [2.24, 2.45) is 0 Å². The molecule has 202 valence electrons. The number of hydrogen-bond acceptors (Lipinski definition) is 5. The summed E-state index contributed by atoms with van der Waals surface area (Å²) < 4.78 is 18.8. The lowest BCUT2D eigenvalue weighted by atomic mass is 10.1. The average molecular weight is 526 g/mol. The zero-order valence-corrected chi connectivity index (χ0v) is 23.0. The van der Waals surface area contributed by atoms with E-state index in [0.717, 1.165) is 58.7 Å². The molecule has 7 heteroatoms. The number of anilines is 1. The fourth-order valence-corrected chi connectivity index (χ4v) is 5.20. The fraction of sp³-hybridized carbons (Fsp3) is 0.281. The second-order valence-corrected chi connectivity index (χ2v) is 9.47. The predicted octanol–water partition coefficient (Wildman–Crippen LogP) is 5.83. The van der Waals surface area contributed by atoms with E-state index in [1.807, 2.05) is 91.5 Å². The molecule has 1 aliphatic rings. The molecule has 1 saturated heterocycles. The van der Waals surface area contributed by atoms with Crippen LogP contribution < -0.4 is 19.1 Å². The average Bonchev–Trinajstić information content (AvgIpc) is 3.34. The molecule has 5 rings (SSSR count). The number of benzene rings is 3. The van der Waals surface area contributed by atoms with Crippen LogP contribution >= 0.6 is 0 Å². The summed E-state index contributed by atoms with van der Waals surface area (Å²) in [5, 5.41) is 0. The Labute approximate surface area is 230 Å². The van der Waals surface area contributed by atoms with Gasteiger partial charge in [-0.25, -0.2) is 0 Å². The smallest absolute Gasteiger partial charge is 0.255 e. The zero-order valence-electron chi connectivity index (χ0n) is 23.0. The molecule has 0 radical (unpaired) electrons. The predicted molar refractivity (Wildman–Crippen MR) is 155 cm³/mol. The molecule has 1 amide bonds. The number of ether oxygens (including phenoxy) is 3. The molecule has 0 saturated carbocycles. The molecule has 1 aromatic heterocycles. The van der Waals surface area contributed by atoms with E-state index < -0.39 is 0 Å². The first-order chi connectivity index (χ1) is 19.0. The maximum atomic E-state index is 13.9. The lowest BCUT2D eigenvalue weighted by Crippen LogP contribution is -2.49. The van der Waals surface area contributed by atoms with Gasteiger partial charge in [0.1, 0.15) is 17.2 Å². The van der Waals surface area contributed by atoms with Gasteiger partial charge in [-0.15, -0.1) is 0 Å². The van der Waals surface area contributed by atoms with Gasteiger partial charge in [0.2, 0.25) is 0 Å². The Balaban J connectivity index is 1.45. The maximum absolute atomic E-state index is 13.9. The van der Waals surface area contributed by atoms with E-state index in [1.165, 1.54) is 0 Å². The van der Waals surface area contributed by atoms with E-state index in [1.54, 1.807) is 14.2 Å². The van der Waals surface area contributed by atoms with E-state index in [0.29, 0.717) is 25.3 Å². The highest BCUT2D eigenvalue weighted by Crippen LogP contribution is 2.33. The highest BCUT2D eigenvalue weighted by atomic mass is 16.5. The van der Waals surface area contributed by atoms with Crippen molar-refractivity contribution < 1.29 is 19.0 Å². The van der Waals surface area contributed by atoms with Gasteiger partial charge in [-0.3, -0.25) is 4.79 Å². The van der Waals surface area contributed by atoms with Crippen LogP contribution in [0.4, 0.5) is 5.69 Å². The second kappa shape index (κ2) is 11.6. The molecule has 0 atom stereocenters. The van der Waals surface area contributed by atoms with Gasteiger partial charge >= 0.3 is 0 Å². The van der Waals surface area contributed by atoms with Gasteiger partial charge < -0.3 is 28.6 Å².